The number of amides is 3. The molecule has 3 amide bonds. The smallest absolute Gasteiger partial charge is 0.344 e. The van der Waals surface area contributed by atoms with Crippen molar-refractivity contribution in [1.82, 2.24) is 15.5 Å². The summed E-state index contributed by atoms with van der Waals surface area (Å²) in [6, 6.07) is 20.9. The average molecular weight is 756 g/mol. The third kappa shape index (κ3) is 10.7. The van der Waals surface area contributed by atoms with Crippen LogP contribution in [0.25, 0.3) is 11.1 Å². The van der Waals surface area contributed by atoms with Gasteiger partial charge in [-0.1, -0.05) is 60.7 Å². The van der Waals surface area contributed by atoms with Gasteiger partial charge in [-0.25, -0.2) is 0 Å². The first-order chi connectivity index (χ1) is 25.0. The highest BCUT2D eigenvalue weighted by atomic mass is 31.2. The molecule has 0 aliphatic carbocycles. The molecule has 1 heterocycles. The average Bonchev–Trinajstić information content (AvgIpc) is 3.29. The highest BCUT2D eigenvalue weighted by Crippen LogP contribution is 2.53. The van der Waals surface area contributed by atoms with Crippen LogP contribution in [-0.4, -0.2) is 67.7 Å². The van der Waals surface area contributed by atoms with Gasteiger partial charge in [0.2, 0.25) is 17.7 Å². The molecule has 0 radical (unpaired) electrons. The second-order valence-electron chi connectivity index (χ2n) is 12.3. The lowest BCUT2D eigenvalue weighted by Gasteiger charge is -2.27. The van der Waals surface area contributed by atoms with E-state index in [0.717, 1.165) is 29.5 Å². The molecule has 14 heteroatoms. The first kappa shape index (κ1) is 41.1. The minimum atomic E-state index is -4.04. The summed E-state index contributed by atoms with van der Waals surface area (Å²) >= 11 is 0. The Morgan fingerprint density at radius 1 is 0.769 bits per heavy atom. The fourth-order valence-electron chi connectivity index (χ4n) is 6.19. The van der Waals surface area contributed by atoms with Crippen molar-refractivity contribution in [2.45, 2.75) is 78.9 Å². The lowest BCUT2D eigenvalue weighted by atomic mass is 10.0. The molecule has 0 unspecified atom stereocenters. The molecule has 1 aliphatic heterocycles. The van der Waals surface area contributed by atoms with E-state index in [0.29, 0.717) is 25.1 Å². The zero-order valence-electron chi connectivity index (χ0n) is 30.7. The number of hydrogen-bond donors (Lipinski definition) is 2. The lowest BCUT2D eigenvalue weighted by Crippen LogP contribution is -2.54. The fraction of sp³-hybridized carbons (Fsp3) is 0.447. The Bertz CT molecular complexity index is 1730. The fourth-order valence-corrected chi connectivity index (χ4v) is 10.3. The van der Waals surface area contributed by atoms with Crippen LogP contribution in [0.2, 0.25) is 0 Å². The van der Waals surface area contributed by atoms with Gasteiger partial charge in [0.15, 0.2) is 0 Å². The SMILES string of the molecule is CCOP(=O)(OCC)c1ccc(C[C@H](NC(C)=O)C(=O)N[C@H]2CCCCN(Cc3ccc(-c4ccccc4)cc3)C2=O)cc1P(=O)(OCC)OCC. The van der Waals surface area contributed by atoms with Crippen LogP contribution in [0.4, 0.5) is 0 Å². The molecule has 2 N–H and O–H groups in total. The van der Waals surface area contributed by atoms with Crippen molar-refractivity contribution in [3.8, 4) is 11.1 Å². The number of rotatable bonds is 18. The highest BCUT2D eigenvalue weighted by Gasteiger charge is 2.39. The van der Waals surface area contributed by atoms with Crippen molar-refractivity contribution in [2.75, 3.05) is 33.0 Å². The minimum absolute atomic E-state index is 0.00712. The standard InChI is InChI=1S/C38H51N3O9P2/c1-6-47-51(45,48-7-2)35-23-20-30(26-36(35)52(46,49-8-3)50-9-4)25-34(39-28(5)42)37(43)40-33-17-13-14-24-41(38(33)44)27-29-18-21-32(22-19-29)31-15-11-10-12-16-31/h10-12,15-16,18-23,26,33-34H,6-9,13-14,17,24-25,27H2,1-5H3,(H,39,42)(H,40,43)/t33-,34-/m0/s1. The maximum absolute atomic E-state index is 14.1. The number of carbonyl (C=O) groups excluding carboxylic acids is 3. The van der Waals surface area contributed by atoms with Crippen LogP contribution in [0.15, 0.2) is 72.8 Å². The van der Waals surface area contributed by atoms with E-state index in [1.165, 1.54) is 19.1 Å². The quantitative estimate of drug-likeness (QED) is 0.152. The topological polar surface area (TPSA) is 150 Å². The third-order valence-electron chi connectivity index (χ3n) is 8.49. The van der Waals surface area contributed by atoms with Crippen molar-refractivity contribution in [3.05, 3.63) is 83.9 Å². The van der Waals surface area contributed by atoms with Gasteiger partial charge in [-0.15, -0.1) is 0 Å². The molecular weight excluding hydrogens is 704 g/mol. The van der Waals surface area contributed by atoms with Crippen molar-refractivity contribution in [1.29, 1.82) is 0 Å². The molecule has 3 aromatic rings. The largest absolute Gasteiger partial charge is 0.362 e. The zero-order valence-corrected chi connectivity index (χ0v) is 32.5. The van der Waals surface area contributed by atoms with E-state index in [4.69, 9.17) is 18.1 Å². The highest BCUT2D eigenvalue weighted by molar-refractivity contribution is 7.68. The van der Waals surface area contributed by atoms with Crippen LogP contribution in [0.3, 0.4) is 0 Å². The summed E-state index contributed by atoms with van der Waals surface area (Å²) < 4.78 is 50.5. The normalized spacial score (nSPS) is 15.9. The summed E-state index contributed by atoms with van der Waals surface area (Å²) in [5.41, 5.74) is 3.64. The van der Waals surface area contributed by atoms with Crippen molar-refractivity contribution in [3.63, 3.8) is 0 Å². The lowest BCUT2D eigenvalue weighted by molar-refractivity contribution is -0.137. The Labute approximate surface area is 307 Å². The van der Waals surface area contributed by atoms with Gasteiger partial charge in [0.05, 0.1) is 37.0 Å². The molecule has 282 valence electrons. The van der Waals surface area contributed by atoms with Crippen molar-refractivity contribution >= 4 is 43.5 Å². The summed E-state index contributed by atoms with van der Waals surface area (Å²) in [5.74, 6) is -1.18. The molecule has 2 atom stereocenters. The van der Waals surface area contributed by atoms with Crippen LogP contribution in [0, 0.1) is 0 Å². The number of nitrogens with zero attached hydrogens (tertiary/aromatic N) is 1. The number of hydrogen-bond acceptors (Lipinski definition) is 9. The molecule has 12 nitrogen and oxygen atoms in total. The molecule has 52 heavy (non-hydrogen) atoms. The van der Waals surface area contributed by atoms with Gasteiger partial charge in [0, 0.05) is 26.4 Å². The van der Waals surface area contributed by atoms with E-state index in [2.05, 4.69) is 10.6 Å². The molecule has 0 saturated carbocycles. The second kappa shape index (κ2) is 19.4. The summed E-state index contributed by atoms with van der Waals surface area (Å²) in [5, 5.41) is 5.63. The molecular formula is C38H51N3O9P2. The second-order valence-corrected chi connectivity index (χ2v) is 16.3. The van der Waals surface area contributed by atoms with Gasteiger partial charge in [-0.2, -0.15) is 0 Å². The number of nitrogens with one attached hydrogen (secondary N) is 2. The van der Waals surface area contributed by atoms with Crippen molar-refractivity contribution in [2.24, 2.45) is 0 Å². The van der Waals surface area contributed by atoms with E-state index in [-0.39, 0.29) is 49.4 Å². The van der Waals surface area contributed by atoms with Gasteiger partial charge >= 0.3 is 15.2 Å². The Morgan fingerprint density at radius 3 is 1.90 bits per heavy atom. The molecule has 4 rings (SSSR count). The Morgan fingerprint density at radius 2 is 1.33 bits per heavy atom. The monoisotopic (exact) mass is 755 g/mol. The van der Waals surface area contributed by atoms with Crippen LogP contribution in [0.5, 0.6) is 0 Å². The van der Waals surface area contributed by atoms with E-state index in [9.17, 15) is 23.5 Å². The summed E-state index contributed by atoms with van der Waals surface area (Å²) in [6.45, 7) is 9.13. The van der Waals surface area contributed by atoms with E-state index >= 15 is 0 Å². The van der Waals surface area contributed by atoms with Gasteiger partial charge in [0.1, 0.15) is 12.1 Å². The van der Waals surface area contributed by atoms with Gasteiger partial charge in [0.25, 0.3) is 0 Å². The molecule has 0 bridgehead atoms. The molecule has 1 fully saturated rings. The molecule has 1 saturated heterocycles. The molecule has 3 aromatic carbocycles. The Kier molecular flexibility index (Phi) is 15.4. The third-order valence-corrected chi connectivity index (χ3v) is 13.0. The van der Waals surface area contributed by atoms with E-state index < -0.39 is 39.1 Å². The maximum Gasteiger partial charge on any atom is 0.362 e. The zero-order chi connectivity index (χ0) is 37.7. The van der Waals surface area contributed by atoms with Crippen LogP contribution >= 0.6 is 15.2 Å². The molecule has 0 aromatic heterocycles. The first-order valence-corrected chi connectivity index (χ1v) is 21.0. The van der Waals surface area contributed by atoms with Crippen molar-refractivity contribution < 1.29 is 41.6 Å². The Hall–Kier alpha value is -3.63. The summed E-state index contributed by atoms with van der Waals surface area (Å²) in [6.07, 6.45) is 1.94. The summed E-state index contributed by atoms with van der Waals surface area (Å²) in [4.78, 5) is 41.8. The van der Waals surface area contributed by atoms with Crippen LogP contribution in [0.1, 0.15) is 65.0 Å². The predicted octanol–water partition coefficient (Wildman–Crippen LogP) is 5.88. The predicted molar refractivity (Wildman–Crippen MR) is 202 cm³/mol. The van der Waals surface area contributed by atoms with Crippen LogP contribution < -0.4 is 21.2 Å². The van der Waals surface area contributed by atoms with Gasteiger partial charge < -0.3 is 33.6 Å². The van der Waals surface area contributed by atoms with E-state index in [1.54, 1.807) is 38.7 Å². The number of carbonyl (C=O) groups is 3. The van der Waals surface area contributed by atoms with Crippen LogP contribution in [-0.2, 0) is 54.6 Å². The minimum Gasteiger partial charge on any atom is -0.344 e. The first-order valence-electron chi connectivity index (χ1n) is 17.9. The number of likely N-dealkylation sites (tertiary alicyclic amines) is 1. The Balaban J connectivity index is 1.57. The molecule has 0 spiro atoms. The van der Waals surface area contributed by atoms with E-state index in [1.807, 2.05) is 54.6 Å². The van der Waals surface area contributed by atoms with Gasteiger partial charge in [-0.05, 0) is 81.3 Å². The molecule has 1 aliphatic rings. The number of benzene rings is 3. The van der Waals surface area contributed by atoms with Gasteiger partial charge in [-0.3, -0.25) is 23.5 Å². The summed E-state index contributed by atoms with van der Waals surface area (Å²) in [7, 11) is -8.00. The maximum atomic E-state index is 14.1.